The molecule has 2 aromatic carbocycles. The lowest BCUT2D eigenvalue weighted by molar-refractivity contribution is -0.137. The Morgan fingerprint density at radius 2 is 2.06 bits per heavy atom. The van der Waals surface area contributed by atoms with Gasteiger partial charge in [-0.15, -0.1) is 0 Å². The van der Waals surface area contributed by atoms with Gasteiger partial charge in [0.05, 0.1) is 40.6 Å². The number of ether oxygens (including phenoxy) is 1. The van der Waals surface area contributed by atoms with Crippen LogP contribution < -0.4 is 10.9 Å². The number of para-hydroxylation sites is 1. The Labute approximate surface area is 196 Å². The number of aromatic nitrogens is 2. The molecule has 2 heterocycles. The first-order valence-corrected chi connectivity index (χ1v) is 11.5. The minimum atomic E-state index is -4.60. The van der Waals surface area contributed by atoms with E-state index in [0.717, 1.165) is 30.7 Å². The van der Waals surface area contributed by atoms with Crippen molar-refractivity contribution in [3.63, 3.8) is 0 Å². The van der Waals surface area contributed by atoms with Crippen LogP contribution in [0.5, 0.6) is 0 Å². The van der Waals surface area contributed by atoms with E-state index in [4.69, 9.17) is 16.3 Å². The molecule has 1 fully saturated rings. The summed E-state index contributed by atoms with van der Waals surface area (Å²) in [6, 6.07) is 9.49. The van der Waals surface area contributed by atoms with Crippen molar-refractivity contribution < 1.29 is 22.7 Å². The van der Waals surface area contributed by atoms with Gasteiger partial charge >= 0.3 is 6.18 Å². The molecule has 4 rings (SSSR count). The maximum absolute atomic E-state index is 13.2. The fourth-order valence-corrected chi connectivity index (χ4v) is 4.57. The van der Waals surface area contributed by atoms with Crippen molar-refractivity contribution in [1.29, 1.82) is 0 Å². The van der Waals surface area contributed by atoms with E-state index in [-0.39, 0.29) is 34.8 Å². The summed E-state index contributed by atoms with van der Waals surface area (Å²) < 4.78 is 46.7. The number of hydrogen-bond donors (Lipinski definition) is 1. The average Bonchev–Trinajstić information content (AvgIpc) is 3.27. The SMILES string of the molecule is O=C(CSc1nc2cc(Cl)ccc2c(=O)n1CC1CCCO1)Nc1ccccc1C(F)(F)F. The number of hydrogen-bond acceptors (Lipinski definition) is 5. The lowest BCUT2D eigenvalue weighted by atomic mass is 10.1. The van der Waals surface area contributed by atoms with Gasteiger partial charge in [0.2, 0.25) is 5.91 Å². The van der Waals surface area contributed by atoms with Crippen LogP contribution in [0.25, 0.3) is 10.9 Å². The Morgan fingerprint density at radius 3 is 2.79 bits per heavy atom. The molecule has 1 amide bonds. The zero-order valence-electron chi connectivity index (χ0n) is 17.2. The molecule has 1 unspecified atom stereocenters. The van der Waals surface area contributed by atoms with Crippen LogP contribution >= 0.6 is 23.4 Å². The quantitative estimate of drug-likeness (QED) is 0.384. The molecule has 1 atom stereocenters. The molecule has 3 aromatic rings. The third-order valence-electron chi connectivity index (χ3n) is 5.13. The number of fused-ring (bicyclic) bond motifs is 1. The predicted molar refractivity (Wildman–Crippen MR) is 121 cm³/mol. The summed E-state index contributed by atoms with van der Waals surface area (Å²) >= 11 is 7.00. The summed E-state index contributed by atoms with van der Waals surface area (Å²) in [5, 5.41) is 3.35. The van der Waals surface area contributed by atoms with Gasteiger partial charge in [0.1, 0.15) is 0 Å². The van der Waals surface area contributed by atoms with Gasteiger partial charge in [0.25, 0.3) is 5.56 Å². The number of rotatable bonds is 6. The third-order valence-corrected chi connectivity index (χ3v) is 6.34. The second-order valence-electron chi connectivity index (χ2n) is 7.49. The van der Waals surface area contributed by atoms with Crippen LogP contribution in [0.15, 0.2) is 52.4 Å². The van der Waals surface area contributed by atoms with Gasteiger partial charge in [-0.1, -0.05) is 35.5 Å². The molecule has 1 aliphatic rings. The number of nitrogens with zero attached hydrogens (tertiary/aromatic N) is 2. The van der Waals surface area contributed by atoms with E-state index < -0.39 is 17.6 Å². The van der Waals surface area contributed by atoms with Crippen molar-refractivity contribution in [2.45, 2.75) is 36.8 Å². The first-order chi connectivity index (χ1) is 15.7. The summed E-state index contributed by atoms with van der Waals surface area (Å²) in [5.41, 5.74) is -1.18. The van der Waals surface area contributed by atoms with Crippen molar-refractivity contribution in [2.24, 2.45) is 0 Å². The van der Waals surface area contributed by atoms with E-state index in [9.17, 15) is 22.8 Å². The number of thioether (sulfide) groups is 1. The average molecular weight is 498 g/mol. The van der Waals surface area contributed by atoms with E-state index in [2.05, 4.69) is 10.3 Å². The topological polar surface area (TPSA) is 73.2 Å². The fraction of sp³-hybridized carbons (Fsp3) is 0.318. The van der Waals surface area contributed by atoms with E-state index in [0.29, 0.717) is 22.5 Å². The summed E-state index contributed by atoms with van der Waals surface area (Å²) in [6.45, 7) is 0.880. The molecule has 0 radical (unpaired) electrons. The third kappa shape index (κ3) is 5.51. The van der Waals surface area contributed by atoms with Gasteiger partial charge in [-0.05, 0) is 43.2 Å². The molecule has 33 heavy (non-hydrogen) atoms. The Hall–Kier alpha value is -2.56. The molecule has 1 aliphatic heterocycles. The summed E-state index contributed by atoms with van der Waals surface area (Å²) in [7, 11) is 0. The van der Waals surface area contributed by atoms with Crippen molar-refractivity contribution in [1.82, 2.24) is 9.55 Å². The van der Waals surface area contributed by atoms with Crippen LogP contribution in [-0.4, -0.2) is 33.9 Å². The molecular formula is C22H19ClF3N3O3S. The molecule has 1 saturated heterocycles. The Balaban J connectivity index is 1.58. The Bertz CT molecular complexity index is 1240. The van der Waals surface area contributed by atoms with Crippen LogP contribution in [0, 0.1) is 0 Å². The van der Waals surface area contributed by atoms with Crippen LogP contribution in [0.2, 0.25) is 5.02 Å². The van der Waals surface area contributed by atoms with Crippen molar-refractivity contribution in [2.75, 3.05) is 17.7 Å². The smallest absolute Gasteiger partial charge is 0.376 e. The monoisotopic (exact) mass is 497 g/mol. The zero-order valence-corrected chi connectivity index (χ0v) is 18.8. The summed E-state index contributed by atoms with van der Waals surface area (Å²) in [4.78, 5) is 30.1. The molecule has 11 heteroatoms. The van der Waals surface area contributed by atoms with Gasteiger partial charge in [-0.3, -0.25) is 14.2 Å². The zero-order chi connectivity index (χ0) is 23.6. The van der Waals surface area contributed by atoms with Crippen LogP contribution in [-0.2, 0) is 22.3 Å². The minimum Gasteiger partial charge on any atom is -0.376 e. The Kier molecular flexibility index (Phi) is 6.96. The van der Waals surface area contributed by atoms with Crippen LogP contribution in [0.1, 0.15) is 18.4 Å². The van der Waals surface area contributed by atoms with Gasteiger partial charge in [-0.2, -0.15) is 13.2 Å². The first kappa shape index (κ1) is 23.6. The number of anilines is 1. The normalized spacial score (nSPS) is 16.3. The van der Waals surface area contributed by atoms with E-state index in [1.165, 1.54) is 22.8 Å². The highest BCUT2D eigenvalue weighted by atomic mass is 35.5. The van der Waals surface area contributed by atoms with Crippen molar-refractivity contribution >= 4 is 45.9 Å². The molecule has 0 spiro atoms. The number of halogens is 4. The second kappa shape index (κ2) is 9.74. The van der Waals surface area contributed by atoms with Crippen LogP contribution in [0.4, 0.5) is 18.9 Å². The van der Waals surface area contributed by atoms with E-state index >= 15 is 0 Å². The summed E-state index contributed by atoms with van der Waals surface area (Å²) in [6.07, 6.45) is -3.07. The van der Waals surface area contributed by atoms with Crippen molar-refractivity contribution in [3.05, 3.63) is 63.4 Å². The van der Waals surface area contributed by atoms with E-state index in [1.54, 1.807) is 18.2 Å². The second-order valence-corrected chi connectivity index (χ2v) is 8.87. The minimum absolute atomic E-state index is 0.152. The van der Waals surface area contributed by atoms with Crippen LogP contribution in [0.3, 0.4) is 0 Å². The lowest BCUT2D eigenvalue weighted by Gasteiger charge is -2.17. The van der Waals surface area contributed by atoms with Gasteiger partial charge in [0.15, 0.2) is 5.16 Å². The highest BCUT2D eigenvalue weighted by Gasteiger charge is 2.33. The molecule has 1 aromatic heterocycles. The molecule has 0 saturated carbocycles. The maximum Gasteiger partial charge on any atom is 0.418 e. The van der Waals surface area contributed by atoms with Gasteiger partial charge < -0.3 is 10.1 Å². The largest absolute Gasteiger partial charge is 0.418 e. The molecule has 174 valence electrons. The number of carbonyl (C=O) groups is 1. The first-order valence-electron chi connectivity index (χ1n) is 10.1. The number of benzene rings is 2. The summed E-state index contributed by atoms with van der Waals surface area (Å²) in [5.74, 6) is -0.892. The van der Waals surface area contributed by atoms with Crippen molar-refractivity contribution in [3.8, 4) is 0 Å². The highest BCUT2D eigenvalue weighted by Crippen LogP contribution is 2.34. The number of alkyl halides is 3. The molecule has 1 N–H and O–H groups in total. The maximum atomic E-state index is 13.2. The predicted octanol–water partition coefficient (Wildman–Crippen LogP) is 4.98. The van der Waals surface area contributed by atoms with Gasteiger partial charge in [0, 0.05) is 11.6 Å². The fourth-order valence-electron chi connectivity index (χ4n) is 3.59. The highest BCUT2D eigenvalue weighted by molar-refractivity contribution is 7.99. The van der Waals surface area contributed by atoms with Gasteiger partial charge in [-0.25, -0.2) is 4.98 Å². The molecule has 6 nitrogen and oxygen atoms in total. The standard InChI is InChI=1S/C22H19ClF3N3O3S/c23-13-7-8-15-18(10-13)28-21(29(20(15)31)11-14-4-3-9-32-14)33-12-19(30)27-17-6-2-1-5-16(17)22(24,25)26/h1-2,5-8,10,14H,3-4,9,11-12H2,(H,27,30). The lowest BCUT2D eigenvalue weighted by Crippen LogP contribution is -2.29. The van der Waals surface area contributed by atoms with E-state index in [1.807, 2.05) is 0 Å². The Morgan fingerprint density at radius 1 is 1.27 bits per heavy atom. The molecular weight excluding hydrogens is 479 g/mol. The number of amides is 1. The molecule has 0 bridgehead atoms. The number of nitrogens with one attached hydrogen (secondary N) is 1. The molecule has 0 aliphatic carbocycles. The number of carbonyl (C=O) groups excluding carboxylic acids is 1.